The van der Waals surface area contributed by atoms with Crippen molar-refractivity contribution < 1.29 is 23.7 Å². The normalized spacial score (nSPS) is 10.8. The lowest BCUT2D eigenvalue weighted by Crippen LogP contribution is -2.20. The zero-order valence-corrected chi connectivity index (χ0v) is 42.1. The number of methoxy groups -OCH3 is 4. The third kappa shape index (κ3) is 10.4. The van der Waals surface area contributed by atoms with Crippen molar-refractivity contribution in [3.63, 3.8) is 0 Å². The number of nitrogens with two attached hydrogens (primary N) is 1. The van der Waals surface area contributed by atoms with E-state index in [0.29, 0.717) is 73.5 Å². The summed E-state index contributed by atoms with van der Waals surface area (Å²) in [6.45, 7) is 7.39. The van der Waals surface area contributed by atoms with E-state index in [1.807, 2.05) is 44.2 Å². The fraction of sp³-hybridized carbons (Fsp3) is 0.196. The molecule has 0 bridgehead atoms. The number of rotatable bonds is 13. The van der Waals surface area contributed by atoms with E-state index in [1.165, 1.54) is 43.6 Å². The largest absolute Gasteiger partial charge is 0.495 e. The van der Waals surface area contributed by atoms with Crippen LogP contribution in [-0.4, -0.2) is 63.3 Å². The summed E-state index contributed by atoms with van der Waals surface area (Å²) in [4.78, 5) is 56.7. The Kier molecular flexibility index (Phi) is 16.5. The first-order chi connectivity index (χ1) is 33.5. The molecule has 368 valence electrons. The second-order valence-corrected chi connectivity index (χ2v) is 17.1. The SMILES string of the molecule is C.C=CC(=O)Cc1cccc(C)c1Nc1ncc2cc(-c3c(Cl)c(OC)cc(OC)c3Cl)c(=O)n(C)c2n1.COc1cc(OC)c(Cl)c(-c2cc3cnc(Nc4c(C)cccc4N)nc3n(C)c2=O)c1Cl. The Labute approximate surface area is 428 Å². The molecule has 8 aromatic rings. The molecule has 0 fully saturated rings. The van der Waals surface area contributed by atoms with E-state index in [1.54, 1.807) is 56.8 Å². The molecule has 0 amide bonds. The Morgan fingerprint density at radius 1 is 0.662 bits per heavy atom. The van der Waals surface area contributed by atoms with Crippen molar-refractivity contribution in [3.8, 4) is 45.3 Å². The van der Waals surface area contributed by atoms with Crippen molar-refractivity contribution in [1.29, 1.82) is 0 Å². The van der Waals surface area contributed by atoms with Crippen LogP contribution in [0.15, 0.2) is 95.3 Å². The monoisotopic (exact) mass is 1040 g/mol. The molecule has 4 aromatic heterocycles. The summed E-state index contributed by atoms with van der Waals surface area (Å²) >= 11 is 26.2. The fourth-order valence-corrected chi connectivity index (χ4v) is 9.02. The number of anilines is 5. The molecule has 0 aliphatic rings. The van der Waals surface area contributed by atoms with Crippen molar-refractivity contribution in [1.82, 2.24) is 29.1 Å². The lowest BCUT2D eigenvalue weighted by Gasteiger charge is -2.16. The number of benzene rings is 4. The highest BCUT2D eigenvalue weighted by Gasteiger charge is 2.25. The number of ether oxygens (including phenoxy) is 4. The van der Waals surface area contributed by atoms with E-state index in [9.17, 15) is 14.4 Å². The molecule has 0 saturated carbocycles. The lowest BCUT2D eigenvalue weighted by molar-refractivity contribution is -0.114. The number of nitrogen functional groups attached to an aromatic ring is 1. The van der Waals surface area contributed by atoms with Gasteiger partial charge in [0.2, 0.25) is 11.9 Å². The summed E-state index contributed by atoms with van der Waals surface area (Å²) in [6, 6.07) is 17.6. The van der Waals surface area contributed by atoms with Crippen LogP contribution in [0.2, 0.25) is 20.1 Å². The maximum atomic E-state index is 13.5. The van der Waals surface area contributed by atoms with E-state index < -0.39 is 0 Å². The first-order valence-corrected chi connectivity index (χ1v) is 22.5. The highest BCUT2D eigenvalue weighted by molar-refractivity contribution is 6.42. The Balaban J connectivity index is 0.000000231. The Morgan fingerprint density at radius 3 is 1.45 bits per heavy atom. The molecule has 4 heterocycles. The summed E-state index contributed by atoms with van der Waals surface area (Å²) in [5.41, 5.74) is 11.9. The summed E-state index contributed by atoms with van der Waals surface area (Å²) in [6.07, 6.45) is 4.69. The topological polar surface area (TPSA) is 200 Å². The Bertz CT molecular complexity index is 3450. The van der Waals surface area contributed by atoms with Crippen LogP contribution in [0, 0.1) is 13.8 Å². The number of fused-ring (bicyclic) bond motifs is 2. The molecular formula is C51H49Cl4N9O7. The number of halogens is 4. The van der Waals surface area contributed by atoms with Gasteiger partial charge in [0.1, 0.15) is 34.3 Å². The first-order valence-electron chi connectivity index (χ1n) is 21.0. The number of para-hydroxylation sites is 2. The molecule has 0 atom stereocenters. The Morgan fingerprint density at radius 2 is 1.06 bits per heavy atom. The predicted octanol–water partition coefficient (Wildman–Crippen LogP) is 11.3. The van der Waals surface area contributed by atoms with Gasteiger partial charge in [-0.15, -0.1) is 0 Å². The molecule has 0 radical (unpaired) electrons. The standard InChI is InChI=1S/C27H24Cl2N4O4.C23H21Cl2N5O3.CH4/c1-6-17(34)10-15-9-7-8-14(2)24(15)31-27-30-13-16-11-18(26(35)33(3)25(16)32-27)21-22(28)19(36-4)12-20(37-5)23(21)29;1-11-6-5-7-14(26)20(11)28-23-27-10-12-8-13(22(31)30(2)21(12)29-23)17-18(24)15(32-3)9-16(33-4)19(17)25;/h6-9,11-13H,1,10H2,2-5H3,(H,30,31,32);5-10H,26H2,1-4H3,(H,27,28,29);1H4. The highest BCUT2D eigenvalue weighted by Crippen LogP contribution is 2.47. The van der Waals surface area contributed by atoms with Crippen molar-refractivity contribution in [2.75, 3.05) is 44.8 Å². The minimum atomic E-state index is -0.371. The molecule has 8 rings (SSSR count). The minimum Gasteiger partial charge on any atom is -0.495 e. The van der Waals surface area contributed by atoms with E-state index in [-0.39, 0.29) is 67.9 Å². The number of pyridine rings is 2. The van der Waals surface area contributed by atoms with Crippen LogP contribution in [0.4, 0.5) is 29.0 Å². The highest BCUT2D eigenvalue weighted by atomic mass is 35.5. The van der Waals surface area contributed by atoms with Crippen LogP contribution in [0.25, 0.3) is 44.3 Å². The van der Waals surface area contributed by atoms with Gasteiger partial charge < -0.3 is 35.3 Å². The quantitative estimate of drug-likeness (QED) is 0.0727. The number of ketones is 1. The molecule has 20 heteroatoms. The van der Waals surface area contributed by atoms with E-state index in [2.05, 4.69) is 37.1 Å². The zero-order valence-electron chi connectivity index (χ0n) is 39.0. The van der Waals surface area contributed by atoms with E-state index in [4.69, 9.17) is 71.1 Å². The summed E-state index contributed by atoms with van der Waals surface area (Å²) in [5.74, 6) is 1.79. The maximum Gasteiger partial charge on any atom is 0.259 e. The van der Waals surface area contributed by atoms with Gasteiger partial charge in [-0.3, -0.25) is 23.5 Å². The smallest absolute Gasteiger partial charge is 0.259 e. The van der Waals surface area contributed by atoms with Gasteiger partial charge in [0.25, 0.3) is 11.1 Å². The number of allylic oxidation sites excluding steroid dienone is 1. The van der Waals surface area contributed by atoms with E-state index in [0.717, 1.165) is 22.4 Å². The molecular weight excluding hydrogens is 992 g/mol. The van der Waals surface area contributed by atoms with Gasteiger partial charge in [0.15, 0.2) is 5.78 Å². The molecule has 0 aliphatic carbocycles. The molecule has 4 N–H and O–H groups in total. The van der Waals surface area contributed by atoms with Crippen LogP contribution >= 0.6 is 46.4 Å². The lowest BCUT2D eigenvalue weighted by atomic mass is 10.0. The van der Waals surface area contributed by atoms with E-state index >= 15 is 0 Å². The third-order valence-corrected chi connectivity index (χ3v) is 12.8. The van der Waals surface area contributed by atoms with Gasteiger partial charge in [-0.1, -0.05) is 90.7 Å². The number of aromatic nitrogens is 6. The number of hydrogen-bond donors (Lipinski definition) is 3. The number of hydrogen-bond acceptors (Lipinski definition) is 14. The molecule has 0 unspecified atom stereocenters. The molecule has 0 saturated heterocycles. The van der Waals surface area contributed by atoms with Crippen molar-refractivity contribution >= 4 is 103 Å². The van der Waals surface area contributed by atoms with Gasteiger partial charge >= 0.3 is 0 Å². The average molecular weight is 1040 g/mol. The molecule has 71 heavy (non-hydrogen) atoms. The molecule has 0 aliphatic heterocycles. The summed E-state index contributed by atoms with van der Waals surface area (Å²) < 4.78 is 24.2. The van der Waals surface area contributed by atoms with Crippen LogP contribution in [0.1, 0.15) is 24.1 Å². The van der Waals surface area contributed by atoms with Crippen molar-refractivity contribution in [3.05, 3.63) is 143 Å². The fourth-order valence-electron chi connectivity index (χ4n) is 7.62. The second-order valence-electron chi connectivity index (χ2n) is 15.6. The predicted molar refractivity (Wildman–Crippen MR) is 286 cm³/mol. The number of nitrogens with one attached hydrogen (secondary N) is 2. The van der Waals surface area contributed by atoms with Crippen LogP contribution < -0.4 is 46.4 Å². The minimum absolute atomic E-state index is 0. The van der Waals surface area contributed by atoms with Gasteiger partial charge in [-0.2, -0.15) is 9.97 Å². The number of carbonyl (C=O) groups excluding carboxylic acids is 1. The van der Waals surface area contributed by atoms with Gasteiger partial charge in [-0.25, -0.2) is 9.97 Å². The summed E-state index contributed by atoms with van der Waals surface area (Å²) in [5, 5.41) is 8.32. The molecule has 0 spiro atoms. The second kappa shape index (κ2) is 22.2. The van der Waals surface area contributed by atoms with Crippen LogP contribution in [-0.2, 0) is 25.3 Å². The van der Waals surface area contributed by atoms with Gasteiger partial charge in [0, 0.05) is 72.6 Å². The first kappa shape index (κ1) is 53.0. The van der Waals surface area contributed by atoms with Crippen LogP contribution in [0.5, 0.6) is 23.0 Å². The summed E-state index contributed by atoms with van der Waals surface area (Å²) in [7, 11) is 9.10. The number of nitrogens with zero attached hydrogens (tertiary/aromatic N) is 6. The van der Waals surface area contributed by atoms with Crippen LogP contribution in [0.3, 0.4) is 0 Å². The number of aryl methyl sites for hydroxylation is 4. The van der Waals surface area contributed by atoms with Crippen molar-refractivity contribution in [2.24, 2.45) is 14.1 Å². The average Bonchev–Trinajstić information content (AvgIpc) is 3.35. The number of carbonyl (C=O) groups is 1. The molecule has 16 nitrogen and oxygen atoms in total. The Hall–Kier alpha value is -7.37. The van der Waals surface area contributed by atoms with Gasteiger partial charge in [-0.05, 0) is 54.8 Å². The maximum absolute atomic E-state index is 13.5. The van der Waals surface area contributed by atoms with Crippen molar-refractivity contribution in [2.45, 2.75) is 27.7 Å². The third-order valence-electron chi connectivity index (χ3n) is 11.3. The van der Waals surface area contributed by atoms with Gasteiger partial charge in [0.05, 0.1) is 71.0 Å². The molecule has 4 aromatic carbocycles. The zero-order chi connectivity index (χ0) is 50.7.